The van der Waals surface area contributed by atoms with Crippen molar-refractivity contribution in [3.8, 4) is 0 Å². The lowest BCUT2D eigenvalue weighted by atomic mass is 9.95. The molecule has 15 heavy (non-hydrogen) atoms. The van der Waals surface area contributed by atoms with Gasteiger partial charge in [0.05, 0.1) is 0 Å². The van der Waals surface area contributed by atoms with E-state index in [2.05, 4.69) is 31.0 Å². The highest BCUT2D eigenvalue weighted by molar-refractivity contribution is 5.83. The molecular formula is C11H23N3O. The third kappa shape index (κ3) is 2.69. The van der Waals surface area contributed by atoms with Crippen molar-refractivity contribution in [3.05, 3.63) is 0 Å². The van der Waals surface area contributed by atoms with Crippen LogP contribution in [0, 0.1) is 0 Å². The van der Waals surface area contributed by atoms with Gasteiger partial charge in [0, 0.05) is 18.6 Å². The van der Waals surface area contributed by atoms with Crippen LogP contribution in [0.2, 0.25) is 0 Å². The third-order valence-corrected chi connectivity index (χ3v) is 3.13. The molecule has 1 aliphatic heterocycles. The molecule has 0 aromatic heterocycles. The van der Waals surface area contributed by atoms with Crippen molar-refractivity contribution < 1.29 is 4.79 Å². The lowest BCUT2D eigenvalue weighted by Crippen LogP contribution is -2.67. The molecule has 1 heterocycles. The van der Waals surface area contributed by atoms with E-state index in [4.69, 9.17) is 5.73 Å². The average Bonchev–Trinajstić information content (AvgIpc) is 2.19. The maximum atomic E-state index is 11.7. The Morgan fingerprint density at radius 1 is 1.60 bits per heavy atom. The Morgan fingerprint density at radius 2 is 2.27 bits per heavy atom. The summed E-state index contributed by atoms with van der Waals surface area (Å²) in [6.45, 7) is 8.55. The summed E-state index contributed by atoms with van der Waals surface area (Å²) in [5.74, 6) is 0.0768. The molecule has 0 bridgehead atoms. The fourth-order valence-corrected chi connectivity index (χ4v) is 2.11. The maximum Gasteiger partial charge on any atom is 0.238 e. The van der Waals surface area contributed by atoms with Crippen LogP contribution in [0.25, 0.3) is 0 Å². The molecule has 1 rings (SSSR count). The van der Waals surface area contributed by atoms with Crippen molar-refractivity contribution in [1.82, 2.24) is 10.2 Å². The smallest absolute Gasteiger partial charge is 0.238 e. The second-order valence-corrected chi connectivity index (χ2v) is 4.83. The molecule has 4 nitrogen and oxygen atoms in total. The molecule has 88 valence electrons. The maximum absolute atomic E-state index is 11.7. The molecule has 0 spiro atoms. The van der Waals surface area contributed by atoms with Gasteiger partial charge in [-0.15, -0.1) is 0 Å². The van der Waals surface area contributed by atoms with Crippen molar-refractivity contribution in [2.45, 2.75) is 45.2 Å². The molecule has 1 saturated heterocycles. The first-order chi connectivity index (χ1) is 7.03. The number of hydrogen-bond donors (Lipinski definition) is 2. The van der Waals surface area contributed by atoms with Gasteiger partial charge in [-0.3, -0.25) is 9.69 Å². The molecule has 1 atom stereocenters. The van der Waals surface area contributed by atoms with Crippen LogP contribution in [-0.4, -0.2) is 42.0 Å². The van der Waals surface area contributed by atoms with E-state index in [9.17, 15) is 4.79 Å². The van der Waals surface area contributed by atoms with Crippen LogP contribution in [0.5, 0.6) is 0 Å². The number of nitrogens with one attached hydrogen (secondary N) is 1. The highest BCUT2D eigenvalue weighted by atomic mass is 16.2. The van der Waals surface area contributed by atoms with Gasteiger partial charge < -0.3 is 11.1 Å². The highest BCUT2D eigenvalue weighted by Gasteiger charge is 2.39. The van der Waals surface area contributed by atoms with Crippen LogP contribution >= 0.6 is 0 Å². The summed E-state index contributed by atoms with van der Waals surface area (Å²) in [4.78, 5) is 13.9. The molecule has 1 unspecified atom stereocenters. The van der Waals surface area contributed by atoms with E-state index in [0.717, 1.165) is 19.4 Å². The number of piperazine rings is 1. The van der Waals surface area contributed by atoms with Crippen molar-refractivity contribution in [1.29, 1.82) is 0 Å². The van der Waals surface area contributed by atoms with E-state index in [1.165, 1.54) is 0 Å². The van der Waals surface area contributed by atoms with Gasteiger partial charge in [0.2, 0.25) is 5.91 Å². The number of amides is 1. The molecule has 0 aliphatic carbocycles. The Bertz CT molecular complexity index is 228. The second kappa shape index (κ2) is 4.94. The predicted octanol–water partition coefficient (Wildman–Crippen LogP) is 0.324. The molecule has 0 saturated carbocycles. The van der Waals surface area contributed by atoms with Gasteiger partial charge in [0.25, 0.3) is 0 Å². The van der Waals surface area contributed by atoms with Crippen molar-refractivity contribution >= 4 is 5.91 Å². The lowest BCUT2D eigenvalue weighted by molar-refractivity contribution is -0.133. The van der Waals surface area contributed by atoms with Gasteiger partial charge in [-0.25, -0.2) is 0 Å². The van der Waals surface area contributed by atoms with E-state index >= 15 is 0 Å². The van der Waals surface area contributed by atoms with Crippen LogP contribution < -0.4 is 11.1 Å². The highest BCUT2D eigenvalue weighted by Crippen LogP contribution is 2.21. The average molecular weight is 213 g/mol. The van der Waals surface area contributed by atoms with E-state index in [-0.39, 0.29) is 17.5 Å². The summed E-state index contributed by atoms with van der Waals surface area (Å²) in [7, 11) is 0. The molecule has 1 amide bonds. The first kappa shape index (κ1) is 12.5. The Balaban J connectivity index is 2.74. The van der Waals surface area contributed by atoms with Crippen LogP contribution in [0.15, 0.2) is 0 Å². The normalized spacial score (nSPS) is 26.4. The van der Waals surface area contributed by atoms with E-state index in [1.807, 2.05) is 0 Å². The zero-order valence-corrected chi connectivity index (χ0v) is 10.0. The standard InChI is InChI=1S/C11H23N3O/c1-4-5-6-14-9(7-12)10(15)13-8-11(14,2)3/h9H,4-8,12H2,1-3H3,(H,13,15). The zero-order valence-electron chi connectivity index (χ0n) is 10.0. The summed E-state index contributed by atoms with van der Waals surface area (Å²) in [5.41, 5.74) is 5.70. The van der Waals surface area contributed by atoms with Crippen LogP contribution in [0.4, 0.5) is 0 Å². The van der Waals surface area contributed by atoms with Gasteiger partial charge in [-0.1, -0.05) is 13.3 Å². The molecule has 1 fully saturated rings. The largest absolute Gasteiger partial charge is 0.353 e. The molecule has 3 N–H and O–H groups in total. The van der Waals surface area contributed by atoms with Crippen molar-refractivity contribution in [2.75, 3.05) is 19.6 Å². The molecule has 4 heteroatoms. The summed E-state index contributed by atoms with van der Waals surface area (Å²) in [5, 5.41) is 2.92. The monoisotopic (exact) mass is 213 g/mol. The van der Waals surface area contributed by atoms with Gasteiger partial charge >= 0.3 is 0 Å². The first-order valence-corrected chi connectivity index (χ1v) is 5.77. The van der Waals surface area contributed by atoms with Gasteiger partial charge in [-0.2, -0.15) is 0 Å². The number of nitrogens with two attached hydrogens (primary N) is 1. The molecule has 0 aromatic carbocycles. The predicted molar refractivity (Wildman–Crippen MR) is 61.5 cm³/mol. The molecule has 0 radical (unpaired) electrons. The van der Waals surface area contributed by atoms with Crippen LogP contribution in [0.3, 0.4) is 0 Å². The van der Waals surface area contributed by atoms with E-state index < -0.39 is 0 Å². The van der Waals surface area contributed by atoms with E-state index in [1.54, 1.807) is 0 Å². The SMILES string of the molecule is CCCCN1C(CN)C(=O)NCC1(C)C. The molecular weight excluding hydrogens is 190 g/mol. The molecule has 0 aromatic rings. The Kier molecular flexibility index (Phi) is 4.11. The Morgan fingerprint density at radius 3 is 2.80 bits per heavy atom. The second-order valence-electron chi connectivity index (χ2n) is 4.83. The minimum Gasteiger partial charge on any atom is -0.353 e. The minimum atomic E-state index is -0.153. The van der Waals surface area contributed by atoms with Gasteiger partial charge in [-0.05, 0) is 26.8 Å². The quantitative estimate of drug-likeness (QED) is 0.707. The van der Waals surface area contributed by atoms with Crippen molar-refractivity contribution in [3.63, 3.8) is 0 Å². The summed E-state index contributed by atoms with van der Waals surface area (Å²) >= 11 is 0. The third-order valence-electron chi connectivity index (χ3n) is 3.13. The molecule has 1 aliphatic rings. The van der Waals surface area contributed by atoms with Gasteiger partial charge in [0.1, 0.15) is 6.04 Å². The fraction of sp³-hybridized carbons (Fsp3) is 0.909. The number of carbonyl (C=O) groups excluding carboxylic acids is 1. The fourth-order valence-electron chi connectivity index (χ4n) is 2.11. The number of carbonyl (C=O) groups is 1. The number of unbranched alkanes of at least 4 members (excludes halogenated alkanes) is 1. The topological polar surface area (TPSA) is 58.4 Å². The van der Waals surface area contributed by atoms with Gasteiger partial charge in [0.15, 0.2) is 0 Å². The Labute approximate surface area is 92.2 Å². The zero-order chi connectivity index (χ0) is 11.5. The van der Waals surface area contributed by atoms with Crippen LogP contribution in [-0.2, 0) is 4.79 Å². The lowest BCUT2D eigenvalue weighted by Gasteiger charge is -2.46. The minimum absolute atomic E-state index is 0.0209. The summed E-state index contributed by atoms with van der Waals surface area (Å²) in [6, 6.07) is -0.153. The Hall–Kier alpha value is -0.610. The van der Waals surface area contributed by atoms with E-state index in [0.29, 0.717) is 13.1 Å². The van der Waals surface area contributed by atoms with Crippen LogP contribution in [0.1, 0.15) is 33.6 Å². The summed E-state index contributed by atoms with van der Waals surface area (Å²) < 4.78 is 0. The summed E-state index contributed by atoms with van der Waals surface area (Å²) in [6.07, 6.45) is 2.26. The van der Waals surface area contributed by atoms with Crippen molar-refractivity contribution in [2.24, 2.45) is 5.73 Å². The number of rotatable bonds is 4. The first-order valence-electron chi connectivity index (χ1n) is 5.77. The number of nitrogens with zero attached hydrogens (tertiary/aromatic N) is 1. The number of hydrogen-bond acceptors (Lipinski definition) is 3.